The lowest BCUT2D eigenvalue weighted by atomic mass is 9.92. The molecule has 0 radical (unpaired) electrons. The second-order valence-corrected chi connectivity index (χ2v) is 10.8. The molecule has 1 amide bonds. The van der Waals surface area contributed by atoms with E-state index in [9.17, 15) is 49.9 Å². The highest BCUT2D eigenvalue weighted by Crippen LogP contribution is 2.50. The van der Waals surface area contributed by atoms with Gasteiger partial charge >= 0.3 is 12.4 Å². The van der Waals surface area contributed by atoms with Crippen LogP contribution in [0.2, 0.25) is 0 Å². The van der Waals surface area contributed by atoms with E-state index in [1.165, 1.54) is 24.4 Å². The van der Waals surface area contributed by atoms with Crippen LogP contribution in [-0.2, 0) is 15.4 Å². The molecule has 0 aliphatic heterocycles. The number of halogens is 6. The van der Waals surface area contributed by atoms with Crippen LogP contribution >= 0.6 is 0 Å². The number of rotatable bonds is 6. The zero-order valence-electron chi connectivity index (χ0n) is 18.5. The zero-order valence-corrected chi connectivity index (χ0v) is 19.4. The number of benzene rings is 2. The van der Waals surface area contributed by atoms with Gasteiger partial charge in [-0.1, -0.05) is 18.2 Å². The van der Waals surface area contributed by atoms with E-state index >= 15 is 0 Å². The molecule has 3 aromatic rings. The van der Waals surface area contributed by atoms with Crippen LogP contribution in [0.3, 0.4) is 0 Å². The number of aromatic nitrogens is 1. The molecule has 0 saturated heterocycles. The van der Waals surface area contributed by atoms with Crippen molar-refractivity contribution >= 4 is 32.2 Å². The molecule has 1 saturated carbocycles. The number of fused-ring (bicyclic) bond motifs is 1. The molecule has 2 aromatic carbocycles. The highest BCUT2D eigenvalue weighted by Gasteiger charge is 2.71. The van der Waals surface area contributed by atoms with Crippen molar-refractivity contribution in [2.45, 2.75) is 35.7 Å². The maximum atomic E-state index is 13.0. The summed E-state index contributed by atoms with van der Waals surface area (Å²) in [6.07, 6.45) is -9.74. The molecule has 0 unspecified atom stereocenters. The SMILES string of the molecule is N#CC1(CS(=O)(=O)c2ccc3c(C(=O)Nc4ccc(C(O)(C(F)(F)F)C(F)(F)F)cc4)[nH]cc3c2)CC1. The topological polar surface area (TPSA) is 123 Å². The lowest BCUT2D eigenvalue weighted by Gasteiger charge is -2.32. The molecule has 0 bridgehead atoms. The summed E-state index contributed by atoms with van der Waals surface area (Å²) in [6, 6.07) is 8.34. The largest absolute Gasteiger partial charge is 0.430 e. The van der Waals surface area contributed by atoms with Crippen molar-refractivity contribution in [1.82, 2.24) is 4.98 Å². The lowest BCUT2D eigenvalue weighted by molar-refractivity contribution is -0.376. The number of nitriles is 1. The Morgan fingerprint density at radius 3 is 2.16 bits per heavy atom. The number of nitrogens with one attached hydrogen (secondary N) is 2. The van der Waals surface area contributed by atoms with Crippen LogP contribution in [0.5, 0.6) is 0 Å². The minimum atomic E-state index is -6.04. The normalized spacial score (nSPS) is 15.8. The summed E-state index contributed by atoms with van der Waals surface area (Å²) < 4.78 is 104. The van der Waals surface area contributed by atoms with Gasteiger partial charge in [-0.2, -0.15) is 31.6 Å². The number of nitrogens with zero attached hydrogens (tertiary/aromatic N) is 1. The predicted molar refractivity (Wildman–Crippen MR) is 118 cm³/mol. The zero-order chi connectivity index (χ0) is 27.4. The number of hydrogen-bond donors (Lipinski definition) is 3. The first-order valence-electron chi connectivity index (χ1n) is 10.6. The van der Waals surface area contributed by atoms with E-state index in [1.54, 1.807) is 0 Å². The lowest BCUT2D eigenvalue weighted by Crippen LogP contribution is -2.53. The van der Waals surface area contributed by atoms with Crippen molar-refractivity contribution in [2.75, 3.05) is 11.1 Å². The second kappa shape index (κ2) is 8.49. The molecule has 1 aromatic heterocycles. The number of aliphatic hydroxyl groups is 1. The van der Waals surface area contributed by atoms with Crippen LogP contribution in [0, 0.1) is 16.7 Å². The Morgan fingerprint density at radius 1 is 1.05 bits per heavy atom. The fourth-order valence-electron chi connectivity index (χ4n) is 3.86. The summed E-state index contributed by atoms with van der Waals surface area (Å²) in [5.74, 6) is -1.13. The Hall–Kier alpha value is -3.57. The minimum Gasteiger partial charge on any atom is -0.369 e. The number of carbonyl (C=O) groups is 1. The quantitative estimate of drug-likeness (QED) is 0.384. The molecule has 1 heterocycles. The molecular weight excluding hydrogens is 528 g/mol. The van der Waals surface area contributed by atoms with Crippen LogP contribution in [0.25, 0.3) is 10.8 Å². The monoisotopic (exact) mass is 545 g/mol. The number of anilines is 1. The third kappa shape index (κ3) is 4.64. The molecule has 4 rings (SSSR count). The van der Waals surface area contributed by atoms with E-state index in [2.05, 4.69) is 10.3 Å². The molecule has 3 N–H and O–H groups in total. The standard InChI is InChI=1S/C23H17F6N3O4S/c24-22(25,26)21(34,23(27,28)29)14-1-3-15(4-2-14)32-19(33)18-17-6-5-16(9-13(17)10-31-18)37(35,36)12-20(11-30)7-8-20/h1-6,9-10,31,34H,7-8,12H2,(H,32,33). The van der Waals surface area contributed by atoms with Crippen molar-refractivity contribution in [1.29, 1.82) is 5.26 Å². The fraction of sp³-hybridized carbons (Fsp3) is 0.304. The van der Waals surface area contributed by atoms with Crippen LogP contribution in [0.1, 0.15) is 28.9 Å². The van der Waals surface area contributed by atoms with Gasteiger partial charge in [-0.15, -0.1) is 0 Å². The smallest absolute Gasteiger partial charge is 0.369 e. The van der Waals surface area contributed by atoms with E-state index in [0.717, 1.165) is 12.1 Å². The van der Waals surface area contributed by atoms with E-state index in [0.29, 0.717) is 35.7 Å². The number of carbonyl (C=O) groups excluding carboxylic acids is 1. The Morgan fingerprint density at radius 2 is 1.65 bits per heavy atom. The van der Waals surface area contributed by atoms with E-state index in [-0.39, 0.29) is 22.0 Å². The van der Waals surface area contributed by atoms with Crippen molar-refractivity contribution in [3.63, 3.8) is 0 Å². The van der Waals surface area contributed by atoms with Gasteiger partial charge in [-0.3, -0.25) is 4.79 Å². The number of aromatic amines is 1. The molecular formula is C23H17F6N3O4S. The van der Waals surface area contributed by atoms with Crippen LogP contribution in [0.4, 0.5) is 32.0 Å². The van der Waals surface area contributed by atoms with Gasteiger partial charge in [0.25, 0.3) is 11.5 Å². The maximum absolute atomic E-state index is 13.0. The number of H-pyrrole nitrogens is 1. The molecule has 0 spiro atoms. The number of alkyl halides is 6. The number of sulfone groups is 1. The van der Waals surface area contributed by atoms with Gasteiger partial charge in [-0.05, 0) is 37.1 Å². The third-order valence-electron chi connectivity index (χ3n) is 6.19. The van der Waals surface area contributed by atoms with Crippen molar-refractivity contribution in [3.8, 4) is 6.07 Å². The van der Waals surface area contributed by atoms with Gasteiger partial charge in [0.15, 0.2) is 9.84 Å². The molecule has 14 heteroatoms. The average molecular weight is 545 g/mol. The van der Waals surface area contributed by atoms with Gasteiger partial charge in [0.1, 0.15) is 5.69 Å². The van der Waals surface area contributed by atoms with E-state index < -0.39 is 44.7 Å². The van der Waals surface area contributed by atoms with Gasteiger partial charge in [-0.25, -0.2) is 8.42 Å². The Kier molecular flexibility index (Phi) is 6.08. The molecule has 7 nitrogen and oxygen atoms in total. The van der Waals surface area contributed by atoms with Crippen LogP contribution < -0.4 is 5.32 Å². The summed E-state index contributed by atoms with van der Waals surface area (Å²) in [5.41, 5.74) is -7.66. The van der Waals surface area contributed by atoms with E-state index in [1.807, 2.05) is 6.07 Å². The fourth-order valence-corrected chi connectivity index (χ4v) is 5.69. The number of hydrogen-bond acceptors (Lipinski definition) is 5. The first-order chi connectivity index (χ1) is 17.0. The molecule has 196 valence electrons. The highest BCUT2D eigenvalue weighted by atomic mass is 32.2. The molecule has 1 aliphatic rings. The average Bonchev–Trinajstić information content (AvgIpc) is 3.43. The third-order valence-corrected chi connectivity index (χ3v) is 8.09. The molecule has 1 aliphatic carbocycles. The summed E-state index contributed by atoms with van der Waals surface area (Å²) in [7, 11) is -3.77. The van der Waals surface area contributed by atoms with Crippen molar-refractivity contribution in [3.05, 3.63) is 59.9 Å². The van der Waals surface area contributed by atoms with Crippen LogP contribution in [0.15, 0.2) is 53.6 Å². The Labute approximate surface area is 205 Å². The first kappa shape index (κ1) is 26.5. The van der Waals surface area contributed by atoms with Gasteiger partial charge < -0.3 is 15.4 Å². The molecule has 1 fully saturated rings. The second-order valence-electron chi connectivity index (χ2n) is 8.80. The Balaban J connectivity index is 1.55. The first-order valence-corrected chi connectivity index (χ1v) is 12.2. The van der Waals surface area contributed by atoms with Gasteiger partial charge in [0.05, 0.1) is 22.1 Å². The van der Waals surface area contributed by atoms with Crippen molar-refractivity contribution in [2.24, 2.45) is 5.41 Å². The Bertz CT molecular complexity index is 1500. The predicted octanol–water partition coefficient (Wildman–Crippen LogP) is 4.81. The highest BCUT2D eigenvalue weighted by molar-refractivity contribution is 7.91. The molecule has 0 atom stereocenters. The molecule has 37 heavy (non-hydrogen) atoms. The summed E-state index contributed by atoms with van der Waals surface area (Å²) in [5, 5.41) is 21.6. The van der Waals surface area contributed by atoms with Gasteiger partial charge in [0, 0.05) is 28.2 Å². The van der Waals surface area contributed by atoms with E-state index in [4.69, 9.17) is 0 Å². The van der Waals surface area contributed by atoms with Gasteiger partial charge in [0.2, 0.25) is 0 Å². The summed E-state index contributed by atoms with van der Waals surface area (Å²) >= 11 is 0. The maximum Gasteiger partial charge on any atom is 0.430 e. The summed E-state index contributed by atoms with van der Waals surface area (Å²) in [4.78, 5) is 15.3. The van der Waals surface area contributed by atoms with Crippen molar-refractivity contribution < 1.29 is 44.7 Å². The summed E-state index contributed by atoms with van der Waals surface area (Å²) in [6.45, 7) is 0. The van der Waals surface area contributed by atoms with Crippen LogP contribution in [-0.4, -0.2) is 42.5 Å². The minimum absolute atomic E-state index is 0.0371. The number of amides is 1.